The smallest absolute Gasteiger partial charge is 0.462 e. The maximum atomic E-state index is 13.4. The van der Waals surface area contributed by atoms with Crippen molar-refractivity contribution in [2.24, 2.45) is 0 Å². The van der Waals surface area contributed by atoms with E-state index in [0.717, 1.165) is 24.3 Å². The highest BCUT2D eigenvalue weighted by Gasteiger charge is 2.37. The van der Waals surface area contributed by atoms with Crippen molar-refractivity contribution in [2.45, 2.75) is 19.5 Å². The summed E-state index contributed by atoms with van der Waals surface area (Å²) in [6.45, 7) is 1.45. The molecule has 0 aliphatic rings. The molecule has 0 N–H and O–H groups in total. The van der Waals surface area contributed by atoms with Crippen molar-refractivity contribution in [1.29, 1.82) is 0 Å². The third kappa shape index (κ3) is 4.68. The summed E-state index contributed by atoms with van der Waals surface area (Å²) >= 11 is 0. The lowest BCUT2D eigenvalue weighted by molar-refractivity contribution is -0.274. The van der Waals surface area contributed by atoms with Gasteiger partial charge in [0.25, 0.3) is 0 Å². The molecule has 2 aromatic carbocycles. The molecule has 2 aromatic rings. The van der Waals surface area contributed by atoms with E-state index in [9.17, 15) is 31.1 Å². The predicted octanol–water partition coefficient (Wildman–Crippen LogP) is 5.45. The van der Waals surface area contributed by atoms with Crippen LogP contribution in [-0.4, -0.2) is 18.9 Å². The van der Waals surface area contributed by atoms with Crippen LogP contribution in [-0.2, 0) is 10.9 Å². The maximum absolute atomic E-state index is 13.4. The number of halogens is 6. The van der Waals surface area contributed by atoms with Gasteiger partial charge in [-0.1, -0.05) is 24.3 Å². The molecule has 0 bridgehead atoms. The van der Waals surface area contributed by atoms with Gasteiger partial charge < -0.3 is 9.47 Å². The molecule has 0 atom stereocenters. The van der Waals surface area contributed by atoms with E-state index in [0.29, 0.717) is 6.07 Å². The van der Waals surface area contributed by atoms with E-state index < -0.39 is 40.9 Å². The van der Waals surface area contributed by atoms with Crippen LogP contribution in [0.2, 0.25) is 0 Å². The van der Waals surface area contributed by atoms with Gasteiger partial charge in [-0.3, -0.25) is 0 Å². The Kier molecular flexibility index (Phi) is 5.48. The predicted molar refractivity (Wildman–Crippen MR) is 79.5 cm³/mol. The van der Waals surface area contributed by atoms with Gasteiger partial charge in [0.05, 0.1) is 17.7 Å². The molecule has 0 radical (unpaired) electrons. The second-order valence-corrected chi connectivity index (χ2v) is 5.02. The first kappa shape index (κ1) is 19.6. The maximum Gasteiger partial charge on any atom is 0.573 e. The molecule has 0 unspecified atom stereocenters. The number of hydrogen-bond donors (Lipinski definition) is 0. The Hall–Kier alpha value is -2.71. The summed E-state index contributed by atoms with van der Waals surface area (Å²) in [7, 11) is 0. The van der Waals surface area contributed by atoms with Crippen LogP contribution in [0.1, 0.15) is 22.8 Å². The molecule has 0 fully saturated rings. The lowest BCUT2D eigenvalue weighted by atomic mass is 9.96. The number of esters is 1. The summed E-state index contributed by atoms with van der Waals surface area (Å²) in [4.78, 5) is 11.7. The van der Waals surface area contributed by atoms with Gasteiger partial charge in [0.15, 0.2) is 0 Å². The molecule has 0 spiro atoms. The minimum atomic E-state index is -5.07. The Labute approximate surface area is 144 Å². The second-order valence-electron chi connectivity index (χ2n) is 5.02. The minimum absolute atomic E-state index is 0.0375. The van der Waals surface area contributed by atoms with Crippen molar-refractivity contribution < 1.29 is 40.6 Å². The summed E-state index contributed by atoms with van der Waals surface area (Å²) in [6.07, 6.45) is -9.98. The summed E-state index contributed by atoms with van der Waals surface area (Å²) < 4.78 is 86.3. The Morgan fingerprint density at radius 3 is 2.19 bits per heavy atom. The summed E-state index contributed by atoms with van der Waals surface area (Å²) in [5.74, 6) is -1.75. The van der Waals surface area contributed by atoms with Crippen molar-refractivity contribution in [3.05, 3.63) is 53.6 Å². The van der Waals surface area contributed by atoms with E-state index in [-0.39, 0.29) is 12.2 Å². The molecule has 3 nitrogen and oxygen atoms in total. The molecule has 2 rings (SSSR count). The summed E-state index contributed by atoms with van der Waals surface area (Å²) in [5.41, 5.74) is -2.60. The SMILES string of the molecule is CCOC(=O)c1ccc(-c2ccccc2OC(F)(F)F)c(C(F)(F)F)c1. The highest BCUT2D eigenvalue weighted by molar-refractivity contribution is 5.91. The molecule has 140 valence electrons. The first-order valence-corrected chi connectivity index (χ1v) is 7.26. The molecule has 0 saturated carbocycles. The Bertz CT molecular complexity index is 796. The lowest BCUT2D eigenvalue weighted by Gasteiger charge is -2.18. The fourth-order valence-electron chi connectivity index (χ4n) is 2.26. The standard InChI is InChI=1S/C17H12F6O3/c1-2-25-15(24)10-7-8-11(13(9-10)16(18,19)20)12-5-3-4-6-14(12)26-17(21,22)23/h3-9H,2H2,1H3. The Balaban J connectivity index is 2.62. The number of rotatable bonds is 4. The van der Waals surface area contributed by atoms with Gasteiger partial charge in [-0.25, -0.2) is 4.79 Å². The molecule has 0 amide bonds. The van der Waals surface area contributed by atoms with Crippen LogP contribution in [0.4, 0.5) is 26.3 Å². The first-order chi connectivity index (χ1) is 12.0. The van der Waals surface area contributed by atoms with E-state index in [4.69, 9.17) is 0 Å². The van der Waals surface area contributed by atoms with Gasteiger partial charge in [-0.15, -0.1) is 13.2 Å². The van der Waals surface area contributed by atoms with Crippen molar-refractivity contribution in [1.82, 2.24) is 0 Å². The van der Waals surface area contributed by atoms with E-state index >= 15 is 0 Å². The minimum Gasteiger partial charge on any atom is -0.462 e. The molecule has 0 aliphatic carbocycles. The van der Waals surface area contributed by atoms with Crippen LogP contribution in [0.5, 0.6) is 5.75 Å². The number of alkyl halides is 6. The third-order valence-electron chi connectivity index (χ3n) is 3.24. The van der Waals surface area contributed by atoms with Gasteiger partial charge in [0.2, 0.25) is 0 Å². The Morgan fingerprint density at radius 2 is 1.62 bits per heavy atom. The average molecular weight is 378 g/mol. The number of para-hydroxylation sites is 1. The van der Waals surface area contributed by atoms with Gasteiger partial charge in [-0.2, -0.15) is 13.2 Å². The van der Waals surface area contributed by atoms with Crippen LogP contribution >= 0.6 is 0 Å². The fraction of sp³-hybridized carbons (Fsp3) is 0.235. The zero-order valence-corrected chi connectivity index (χ0v) is 13.2. The van der Waals surface area contributed by atoms with Gasteiger partial charge in [0.1, 0.15) is 5.75 Å². The van der Waals surface area contributed by atoms with E-state index in [1.165, 1.54) is 19.1 Å². The van der Waals surface area contributed by atoms with Crippen molar-refractivity contribution in [3.63, 3.8) is 0 Å². The van der Waals surface area contributed by atoms with Crippen LogP contribution in [0.15, 0.2) is 42.5 Å². The average Bonchev–Trinajstić information content (AvgIpc) is 2.53. The van der Waals surface area contributed by atoms with E-state index in [1.54, 1.807) is 0 Å². The van der Waals surface area contributed by atoms with Crippen LogP contribution < -0.4 is 4.74 Å². The van der Waals surface area contributed by atoms with Crippen LogP contribution in [0.3, 0.4) is 0 Å². The first-order valence-electron chi connectivity index (χ1n) is 7.26. The Morgan fingerprint density at radius 1 is 0.962 bits per heavy atom. The lowest BCUT2D eigenvalue weighted by Crippen LogP contribution is -2.18. The zero-order valence-electron chi connectivity index (χ0n) is 13.2. The largest absolute Gasteiger partial charge is 0.573 e. The number of hydrogen-bond acceptors (Lipinski definition) is 3. The highest BCUT2D eigenvalue weighted by atomic mass is 19.4. The van der Waals surface area contributed by atoms with Crippen LogP contribution in [0, 0.1) is 0 Å². The summed E-state index contributed by atoms with van der Waals surface area (Å²) in [6, 6.07) is 6.94. The zero-order chi connectivity index (χ0) is 19.5. The molecule has 0 saturated heterocycles. The van der Waals surface area contributed by atoms with E-state index in [2.05, 4.69) is 9.47 Å². The molecule has 0 aliphatic heterocycles. The molecule has 0 aromatic heterocycles. The van der Waals surface area contributed by atoms with Crippen molar-refractivity contribution in [2.75, 3.05) is 6.61 Å². The topological polar surface area (TPSA) is 35.5 Å². The van der Waals surface area contributed by atoms with Gasteiger partial charge >= 0.3 is 18.5 Å². The molecule has 0 heterocycles. The summed E-state index contributed by atoms with van der Waals surface area (Å²) in [5, 5.41) is 0. The second kappa shape index (κ2) is 7.27. The number of ether oxygens (including phenoxy) is 2. The van der Waals surface area contributed by atoms with Gasteiger partial charge in [0, 0.05) is 5.56 Å². The molecular weight excluding hydrogens is 366 g/mol. The third-order valence-corrected chi connectivity index (χ3v) is 3.24. The molecule has 26 heavy (non-hydrogen) atoms. The molecular formula is C17H12F6O3. The van der Waals surface area contributed by atoms with Crippen molar-refractivity contribution >= 4 is 5.97 Å². The molecule has 9 heteroatoms. The van der Waals surface area contributed by atoms with E-state index in [1.807, 2.05) is 0 Å². The van der Waals surface area contributed by atoms with Crippen LogP contribution in [0.25, 0.3) is 11.1 Å². The number of benzene rings is 2. The normalized spacial score (nSPS) is 12.0. The monoisotopic (exact) mass is 378 g/mol. The quantitative estimate of drug-likeness (QED) is 0.524. The number of carbonyl (C=O) groups excluding carboxylic acids is 1. The van der Waals surface area contributed by atoms with Gasteiger partial charge in [-0.05, 0) is 30.7 Å². The highest BCUT2D eigenvalue weighted by Crippen LogP contribution is 2.42. The fourth-order valence-corrected chi connectivity index (χ4v) is 2.26. The van der Waals surface area contributed by atoms with Crippen molar-refractivity contribution in [3.8, 4) is 16.9 Å². The number of carbonyl (C=O) groups is 1.